The number of nitrogens with two attached hydrogens (primary N) is 1. The zero-order valence-electron chi connectivity index (χ0n) is 15.0. The number of benzene rings is 1. The fraction of sp³-hybridized carbons (Fsp3) is 0.312. The van der Waals surface area contributed by atoms with E-state index in [-0.39, 0.29) is 5.82 Å². The minimum atomic E-state index is -0.511. The van der Waals surface area contributed by atoms with Crippen molar-refractivity contribution in [3.8, 4) is 0 Å². The lowest BCUT2D eigenvalue weighted by molar-refractivity contribution is 0.0944. The number of aromatic nitrogens is 3. The highest BCUT2D eigenvalue weighted by atomic mass is 16.2. The van der Waals surface area contributed by atoms with E-state index in [9.17, 15) is 4.79 Å². The van der Waals surface area contributed by atoms with Crippen LogP contribution in [-0.2, 0) is 0 Å². The molecule has 0 spiro atoms. The summed E-state index contributed by atoms with van der Waals surface area (Å²) in [5, 5.41) is 4.10. The second-order valence-corrected chi connectivity index (χ2v) is 5.81. The molecule has 132 valence electrons. The number of nitrogens with zero attached hydrogens (tertiary/aromatic N) is 6. The largest absolute Gasteiger partial charge is 0.399 e. The molecule has 0 aliphatic carbocycles. The number of nitrogens with one attached hydrogen (secondary N) is 1. The van der Waals surface area contributed by atoms with Gasteiger partial charge in [-0.2, -0.15) is 20.1 Å². The van der Waals surface area contributed by atoms with E-state index in [1.807, 2.05) is 12.1 Å². The van der Waals surface area contributed by atoms with Crippen LogP contribution in [-0.4, -0.2) is 54.8 Å². The van der Waals surface area contributed by atoms with Crippen LogP contribution in [0, 0.1) is 0 Å². The van der Waals surface area contributed by atoms with Crippen LogP contribution < -0.4 is 21.0 Å². The highest BCUT2D eigenvalue weighted by Crippen LogP contribution is 2.10. The molecule has 1 aromatic heterocycles. The smallest absolute Gasteiger partial charge is 0.309 e. The molecule has 0 unspecified atom stereocenters. The summed E-state index contributed by atoms with van der Waals surface area (Å²) in [5.74, 6) is 0.269. The average Bonchev–Trinajstić information content (AvgIpc) is 2.59. The number of anilines is 3. The summed E-state index contributed by atoms with van der Waals surface area (Å²) in [4.78, 5) is 28.3. The Balaban J connectivity index is 2.22. The lowest BCUT2D eigenvalue weighted by atomic mass is 10.1. The molecule has 0 bridgehead atoms. The van der Waals surface area contributed by atoms with Crippen molar-refractivity contribution in [2.24, 2.45) is 5.10 Å². The molecule has 1 amide bonds. The fourth-order valence-corrected chi connectivity index (χ4v) is 1.83. The fourth-order valence-electron chi connectivity index (χ4n) is 1.83. The van der Waals surface area contributed by atoms with Gasteiger partial charge >= 0.3 is 5.91 Å². The predicted octanol–water partition coefficient (Wildman–Crippen LogP) is 0.740. The number of carbonyl (C=O) groups excluding carboxylic acids is 1. The van der Waals surface area contributed by atoms with Crippen LogP contribution in [0.2, 0.25) is 0 Å². The molecular formula is C16H22N8O. The molecule has 0 radical (unpaired) electrons. The van der Waals surface area contributed by atoms with Crippen LogP contribution in [0.15, 0.2) is 29.4 Å². The van der Waals surface area contributed by atoms with Gasteiger partial charge in [0.25, 0.3) is 0 Å². The number of hydrogen-bond donors (Lipinski definition) is 2. The number of hydrazone groups is 1. The Kier molecular flexibility index (Phi) is 5.48. The molecule has 0 saturated carbocycles. The molecule has 2 rings (SSSR count). The van der Waals surface area contributed by atoms with E-state index in [1.54, 1.807) is 57.0 Å². The Morgan fingerprint density at radius 2 is 1.52 bits per heavy atom. The molecule has 0 aliphatic rings. The molecule has 3 N–H and O–H groups in total. The Morgan fingerprint density at radius 3 is 2.00 bits per heavy atom. The minimum Gasteiger partial charge on any atom is -0.399 e. The van der Waals surface area contributed by atoms with Crippen LogP contribution >= 0.6 is 0 Å². The summed E-state index contributed by atoms with van der Waals surface area (Å²) in [6, 6.07) is 7.21. The van der Waals surface area contributed by atoms with Crippen LogP contribution in [0.25, 0.3) is 0 Å². The second-order valence-electron chi connectivity index (χ2n) is 5.81. The third kappa shape index (κ3) is 4.63. The van der Waals surface area contributed by atoms with Crippen LogP contribution in [0.1, 0.15) is 23.1 Å². The summed E-state index contributed by atoms with van der Waals surface area (Å²) in [7, 11) is 7.17. The number of nitrogen functional groups attached to an aromatic ring is 1. The number of rotatable bonds is 5. The highest BCUT2D eigenvalue weighted by molar-refractivity contribution is 6.00. The van der Waals surface area contributed by atoms with Crippen LogP contribution in [0.5, 0.6) is 0 Å². The number of hydrogen-bond acceptors (Lipinski definition) is 8. The maximum atomic E-state index is 12.4. The zero-order valence-corrected chi connectivity index (χ0v) is 15.0. The molecule has 0 atom stereocenters. The summed E-state index contributed by atoms with van der Waals surface area (Å²) >= 11 is 0. The van der Waals surface area contributed by atoms with E-state index >= 15 is 0 Å². The van der Waals surface area contributed by atoms with Crippen molar-refractivity contribution in [3.05, 3.63) is 35.7 Å². The van der Waals surface area contributed by atoms with E-state index in [0.29, 0.717) is 23.3 Å². The minimum absolute atomic E-state index is 0.00347. The molecule has 1 heterocycles. The normalized spacial score (nSPS) is 11.2. The Bertz CT molecular complexity index is 757. The van der Waals surface area contributed by atoms with Gasteiger partial charge in [-0.3, -0.25) is 4.79 Å². The van der Waals surface area contributed by atoms with Crippen molar-refractivity contribution in [2.45, 2.75) is 6.92 Å². The molecule has 9 heteroatoms. The van der Waals surface area contributed by atoms with Gasteiger partial charge in [0.1, 0.15) is 0 Å². The van der Waals surface area contributed by atoms with E-state index in [1.165, 1.54) is 0 Å². The van der Waals surface area contributed by atoms with Crippen molar-refractivity contribution >= 4 is 29.2 Å². The average molecular weight is 342 g/mol. The standard InChI is InChI=1S/C16H22N8O/c1-10(11-6-8-12(17)9-7-11)21-22-14(25)13-18-15(23(2)3)20-16(19-13)24(4)5/h6-9H,17H2,1-5H3,(H,22,25)/b21-10+. The van der Waals surface area contributed by atoms with E-state index in [2.05, 4.69) is 25.5 Å². The van der Waals surface area contributed by atoms with Crippen LogP contribution in [0.4, 0.5) is 17.6 Å². The van der Waals surface area contributed by atoms with Crippen molar-refractivity contribution < 1.29 is 4.79 Å². The molecule has 9 nitrogen and oxygen atoms in total. The van der Waals surface area contributed by atoms with Gasteiger partial charge in [0.05, 0.1) is 5.71 Å². The molecule has 1 aromatic carbocycles. The Labute approximate surface area is 146 Å². The van der Waals surface area contributed by atoms with Gasteiger partial charge < -0.3 is 15.5 Å². The van der Waals surface area contributed by atoms with Gasteiger partial charge in [0, 0.05) is 33.9 Å². The highest BCUT2D eigenvalue weighted by Gasteiger charge is 2.15. The van der Waals surface area contributed by atoms with Gasteiger partial charge in [0.2, 0.25) is 17.7 Å². The Morgan fingerprint density at radius 1 is 1.00 bits per heavy atom. The van der Waals surface area contributed by atoms with E-state index in [0.717, 1.165) is 5.56 Å². The summed E-state index contributed by atoms with van der Waals surface area (Å²) in [6.07, 6.45) is 0. The van der Waals surface area contributed by atoms with Crippen molar-refractivity contribution in [2.75, 3.05) is 43.7 Å². The first-order valence-electron chi connectivity index (χ1n) is 7.59. The SMILES string of the molecule is C/C(=N\NC(=O)c1nc(N(C)C)nc(N(C)C)n1)c1ccc(N)cc1. The third-order valence-corrected chi connectivity index (χ3v) is 3.27. The maximum absolute atomic E-state index is 12.4. The van der Waals surface area contributed by atoms with E-state index in [4.69, 9.17) is 5.73 Å². The van der Waals surface area contributed by atoms with Gasteiger partial charge in [-0.1, -0.05) is 12.1 Å². The first-order valence-corrected chi connectivity index (χ1v) is 7.59. The Hall–Kier alpha value is -3.23. The molecule has 0 aliphatic heterocycles. The summed E-state index contributed by atoms with van der Waals surface area (Å²) in [6.45, 7) is 1.79. The third-order valence-electron chi connectivity index (χ3n) is 3.27. The van der Waals surface area contributed by atoms with Gasteiger partial charge in [-0.05, 0) is 24.6 Å². The van der Waals surface area contributed by atoms with Gasteiger partial charge in [-0.15, -0.1) is 0 Å². The topological polar surface area (TPSA) is 113 Å². The second kappa shape index (κ2) is 7.56. The number of amides is 1. The predicted molar refractivity (Wildman–Crippen MR) is 99.0 cm³/mol. The molecule has 2 aromatic rings. The first-order chi connectivity index (χ1) is 11.8. The van der Waals surface area contributed by atoms with Gasteiger partial charge in [0.15, 0.2) is 0 Å². The van der Waals surface area contributed by atoms with E-state index < -0.39 is 5.91 Å². The van der Waals surface area contributed by atoms with Crippen molar-refractivity contribution in [1.82, 2.24) is 20.4 Å². The lowest BCUT2D eigenvalue weighted by Gasteiger charge is -2.15. The maximum Gasteiger partial charge on any atom is 0.309 e. The summed E-state index contributed by atoms with van der Waals surface area (Å²) in [5.41, 5.74) is 10.3. The zero-order chi connectivity index (χ0) is 18.6. The summed E-state index contributed by atoms with van der Waals surface area (Å²) < 4.78 is 0. The van der Waals surface area contributed by atoms with Crippen molar-refractivity contribution in [3.63, 3.8) is 0 Å². The monoisotopic (exact) mass is 342 g/mol. The molecular weight excluding hydrogens is 320 g/mol. The van der Waals surface area contributed by atoms with Crippen molar-refractivity contribution in [1.29, 1.82) is 0 Å². The first kappa shape index (κ1) is 18.1. The lowest BCUT2D eigenvalue weighted by Crippen LogP contribution is -2.26. The quantitative estimate of drug-likeness (QED) is 0.468. The van der Waals surface area contributed by atoms with Gasteiger partial charge in [-0.25, -0.2) is 5.43 Å². The van der Waals surface area contributed by atoms with Crippen LogP contribution in [0.3, 0.4) is 0 Å². The molecule has 0 fully saturated rings. The number of carbonyl (C=O) groups is 1. The molecule has 25 heavy (non-hydrogen) atoms. The molecule has 0 saturated heterocycles.